The van der Waals surface area contributed by atoms with Gasteiger partial charge in [0.25, 0.3) is 5.91 Å². The molecule has 1 amide bonds. The van der Waals surface area contributed by atoms with Gasteiger partial charge in [-0.3, -0.25) is 9.78 Å². The highest BCUT2D eigenvalue weighted by Crippen LogP contribution is 2.19. The quantitative estimate of drug-likeness (QED) is 0.670. The number of carbonyl (C=O) groups is 1. The van der Waals surface area contributed by atoms with Gasteiger partial charge in [0.1, 0.15) is 5.82 Å². The highest BCUT2D eigenvalue weighted by Gasteiger charge is 2.17. The molecule has 3 aromatic rings. The molecule has 3 rings (SSSR count). The normalized spacial score (nSPS) is 10.3. The number of carbonyl (C=O) groups excluding carboxylic acids is 1. The molecule has 8 heteroatoms. The molecular weight excluding hydrogens is 299 g/mol. The van der Waals surface area contributed by atoms with Crippen LogP contribution in [0.2, 0.25) is 0 Å². The number of aromatic amines is 1. The van der Waals surface area contributed by atoms with Crippen molar-refractivity contribution in [1.29, 1.82) is 0 Å². The van der Waals surface area contributed by atoms with Crippen LogP contribution in [0.4, 0.5) is 15.9 Å². The zero-order chi connectivity index (χ0) is 16.1. The van der Waals surface area contributed by atoms with Crippen LogP contribution in [-0.2, 0) is 6.54 Å². The number of nitrogens with one attached hydrogen (secondary N) is 3. The fourth-order valence-corrected chi connectivity index (χ4v) is 1.93. The summed E-state index contributed by atoms with van der Waals surface area (Å²) in [7, 11) is 0. The van der Waals surface area contributed by atoms with Gasteiger partial charge in [0.2, 0.25) is 0 Å². The van der Waals surface area contributed by atoms with Crippen LogP contribution in [0.25, 0.3) is 0 Å². The van der Waals surface area contributed by atoms with Crippen LogP contribution >= 0.6 is 0 Å². The third-order valence-electron chi connectivity index (χ3n) is 3.09. The molecule has 1 aromatic carbocycles. The average Bonchev–Trinajstić information content (AvgIpc) is 3.04. The van der Waals surface area contributed by atoms with Crippen LogP contribution in [0.3, 0.4) is 0 Å². The molecule has 2 aromatic heterocycles. The second-order valence-electron chi connectivity index (χ2n) is 4.66. The molecule has 0 aliphatic rings. The monoisotopic (exact) mass is 312 g/mol. The Morgan fingerprint density at radius 2 is 1.91 bits per heavy atom. The number of hydrogen-bond acceptors (Lipinski definition) is 5. The van der Waals surface area contributed by atoms with Crippen molar-refractivity contribution in [3.05, 3.63) is 65.9 Å². The smallest absolute Gasteiger partial charge is 0.275 e. The molecule has 0 aliphatic carbocycles. The van der Waals surface area contributed by atoms with Gasteiger partial charge < -0.3 is 10.6 Å². The lowest BCUT2D eigenvalue weighted by atomic mass is 10.2. The molecule has 116 valence electrons. The lowest BCUT2D eigenvalue weighted by molar-refractivity contribution is 0.0946. The largest absolute Gasteiger partial charge is 0.346 e. The minimum absolute atomic E-state index is 0.0577. The summed E-state index contributed by atoms with van der Waals surface area (Å²) >= 11 is 0. The number of benzene rings is 1. The summed E-state index contributed by atoms with van der Waals surface area (Å²) in [5.41, 5.74) is 1.17. The highest BCUT2D eigenvalue weighted by molar-refractivity contribution is 5.97. The number of nitrogens with zero attached hydrogens (tertiary/aromatic N) is 3. The minimum Gasteiger partial charge on any atom is -0.346 e. The van der Waals surface area contributed by atoms with Gasteiger partial charge in [-0.1, -0.05) is 12.1 Å². The predicted molar refractivity (Wildman–Crippen MR) is 81.5 cm³/mol. The van der Waals surface area contributed by atoms with E-state index in [1.54, 1.807) is 42.7 Å². The van der Waals surface area contributed by atoms with E-state index in [9.17, 15) is 9.18 Å². The summed E-state index contributed by atoms with van der Waals surface area (Å²) in [5.74, 6) is -0.713. The van der Waals surface area contributed by atoms with Gasteiger partial charge in [0, 0.05) is 18.9 Å². The Morgan fingerprint density at radius 1 is 1.13 bits per heavy atom. The van der Waals surface area contributed by atoms with E-state index < -0.39 is 11.7 Å². The molecule has 23 heavy (non-hydrogen) atoms. The molecule has 3 N–H and O–H groups in total. The molecular formula is C15H13FN6O. The van der Waals surface area contributed by atoms with E-state index in [1.165, 1.54) is 6.07 Å². The van der Waals surface area contributed by atoms with Gasteiger partial charge in [-0.25, -0.2) is 4.39 Å². The fraction of sp³-hybridized carbons (Fsp3) is 0.0667. The molecule has 0 atom stereocenters. The van der Waals surface area contributed by atoms with Crippen LogP contribution < -0.4 is 10.6 Å². The number of hydrogen-bond donors (Lipinski definition) is 3. The van der Waals surface area contributed by atoms with Gasteiger partial charge in [-0.05, 0) is 29.8 Å². The summed E-state index contributed by atoms with van der Waals surface area (Å²) < 4.78 is 13.7. The Bertz CT molecular complexity index is 804. The van der Waals surface area contributed by atoms with Crippen molar-refractivity contribution in [1.82, 2.24) is 25.7 Å². The summed E-state index contributed by atoms with van der Waals surface area (Å²) in [6.07, 6.45) is 3.28. The average molecular weight is 312 g/mol. The second kappa shape index (κ2) is 6.65. The topological polar surface area (TPSA) is 95.6 Å². The first kappa shape index (κ1) is 14.6. The van der Waals surface area contributed by atoms with Gasteiger partial charge in [-0.15, -0.1) is 10.2 Å². The zero-order valence-electron chi connectivity index (χ0n) is 12.0. The van der Waals surface area contributed by atoms with Crippen LogP contribution in [0.5, 0.6) is 0 Å². The first-order valence-electron chi connectivity index (χ1n) is 6.83. The molecule has 0 spiro atoms. The van der Waals surface area contributed by atoms with E-state index in [1.807, 2.05) is 0 Å². The Kier molecular flexibility index (Phi) is 4.23. The SMILES string of the molecule is O=C(NCc1ccncc1)c1n[nH]nc1Nc1ccccc1F. The van der Waals surface area contributed by atoms with E-state index in [2.05, 4.69) is 31.0 Å². The summed E-state index contributed by atoms with van der Waals surface area (Å²) in [6, 6.07) is 9.69. The molecule has 0 saturated heterocycles. The van der Waals surface area contributed by atoms with Crippen LogP contribution in [-0.4, -0.2) is 26.3 Å². The summed E-state index contributed by atoms with van der Waals surface area (Å²) in [4.78, 5) is 16.1. The minimum atomic E-state index is -0.446. The van der Waals surface area contributed by atoms with Crippen molar-refractivity contribution in [2.75, 3.05) is 5.32 Å². The van der Waals surface area contributed by atoms with Crippen LogP contribution in [0.15, 0.2) is 48.8 Å². The highest BCUT2D eigenvalue weighted by atomic mass is 19.1. The Morgan fingerprint density at radius 3 is 2.70 bits per heavy atom. The summed E-state index contributed by atoms with van der Waals surface area (Å²) in [6.45, 7) is 0.327. The molecule has 7 nitrogen and oxygen atoms in total. The van der Waals surface area contributed by atoms with Gasteiger partial charge in [0.05, 0.1) is 5.69 Å². The number of aromatic nitrogens is 4. The number of anilines is 2. The molecule has 0 radical (unpaired) electrons. The molecule has 2 heterocycles. The van der Waals surface area contributed by atoms with Crippen molar-refractivity contribution in [3.63, 3.8) is 0 Å². The van der Waals surface area contributed by atoms with Gasteiger partial charge in [-0.2, -0.15) is 5.21 Å². The van der Waals surface area contributed by atoms with Crippen molar-refractivity contribution >= 4 is 17.4 Å². The Hall–Kier alpha value is -3.29. The third kappa shape index (κ3) is 3.49. The maximum Gasteiger partial charge on any atom is 0.275 e. The Balaban J connectivity index is 1.70. The standard InChI is InChI=1S/C15H13FN6O/c16-11-3-1-2-4-12(11)19-14-13(20-22-21-14)15(23)18-9-10-5-7-17-8-6-10/h1-8H,9H2,(H,18,23)(H2,19,20,21,22). The number of H-pyrrole nitrogens is 1. The molecule has 0 bridgehead atoms. The van der Waals surface area contributed by atoms with E-state index in [0.717, 1.165) is 5.56 Å². The first-order chi connectivity index (χ1) is 11.2. The van der Waals surface area contributed by atoms with Crippen molar-refractivity contribution in [3.8, 4) is 0 Å². The third-order valence-corrected chi connectivity index (χ3v) is 3.09. The number of rotatable bonds is 5. The number of halogens is 1. The molecule has 0 fully saturated rings. The lowest BCUT2D eigenvalue weighted by Gasteiger charge is -2.07. The lowest BCUT2D eigenvalue weighted by Crippen LogP contribution is -2.24. The predicted octanol–water partition coefficient (Wildman–Crippen LogP) is 2.01. The number of amides is 1. The maximum absolute atomic E-state index is 13.7. The van der Waals surface area contributed by atoms with E-state index in [0.29, 0.717) is 6.54 Å². The zero-order valence-corrected chi connectivity index (χ0v) is 12.0. The van der Waals surface area contributed by atoms with Crippen molar-refractivity contribution in [2.45, 2.75) is 6.54 Å². The van der Waals surface area contributed by atoms with Crippen molar-refractivity contribution in [2.24, 2.45) is 0 Å². The van der Waals surface area contributed by atoms with E-state index in [-0.39, 0.29) is 17.2 Å². The first-order valence-corrected chi connectivity index (χ1v) is 6.83. The van der Waals surface area contributed by atoms with Gasteiger partial charge >= 0.3 is 0 Å². The summed E-state index contributed by atoms with van der Waals surface area (Å²) in [5, 5.41) is 15.5. The van der Waals surface area contributed by atoms with E-state index in [4.69, 9.17) is 0 Å². The van der Waals surface area contributed by atoms with Crippen LogP contribution in [0, 0.1) is 5.82 Å². The maximum atomic E-state index is 13.7. The molecule has 0 saturated carbocycles. The van der Waals surface area contributed by atoms with Crippen molar-refractivity contribution < 1.29 is 9.18 Å². The fourth-order valence-electron chi connectivity index (χ4n) is 1.93. The molecule has 0 aliphatic heterocycles. The molecule has 0 unspecified atom stereocenters. The van der Waals surface area contributed by atoms with Crippen LogP contribution in [0.1, 0.15) is 16.1 Å². The van der Waals surface area contributed by atoms with E-state index >= 15 is 0 Å². The second-order valence-corrected chi connectivity index (χ2v) is 4.66. The number of pyridine rings is 1. The number of para-hydroxylation sites is 1. The Labute approximate surface area is 131 Å². The van der Waals surface area contributed by atoms with Gasteiger partial charge in [0.15, 0.2) is 11.5 Å².